The number of benzene rings is 1. The van der Waals surface area contributed by atoms with Crippen LogP contribution in [0.2, 0.25) is 0 Å². The van der Waals surface area contributed by atoms with E-state index in [1.54, 1.807) is 0 Å². The van der Waals surface area contributed by atoms with E-state index in [0.717, 1.165) is 25.7 Å². The van der Waals surface area contributed by atoms with Crippen molar-refractivity contribution in [1.82, 2.24) is 10.0 Å². The number of hydrogen-bond acceptors (Lipinski definition) is 4. The molecule has 1 unspecified atom stereocenters. The first-order valence-electron chi connectivity index (χ1n) is 7.62. The van der Waals surface area contributed by atoms with Crippen molar-refractivity contribution in [2.45, 2.75) is 42.7 Å². The van der Waals surface area contributed by atoms with Gasteiger partial charge in [-0.15, -0.1) is 12.4 Å². The van der Waals surface area contributed by atoms with Crippen LogP contribution in [0, 0.1) is 5.92 Å². The summed E-state index contributed by atoms with van der Waals surface area (Å²) in [5, 5.41) is 2.79. The molecule has 1 aromatic carbocycles. The third-order valence-corrected chi connectivity index (χ3v) is 5.59. The fourth-order valence-corrected chi connectivity index (χ4v) is 3.58. The zero-order valence-electron chi connectivity index (χ0n) is 12.7. The number of rotatable bonds is 7. The Labute approximate surface area is 142 Å². The Morgan fingerprint density at radius 2 is 1.78 bits per heavy atom. The first-order chi connectivity index (χ1) is 10.5. The molecule has 0 aliphatic heterocycles. The van der Waals surface area contributed by atoms with Gasteiger partial charge < -0.3 is 11.1 Å². The van der Waals surface area contributed by atoms with Crippen LogP contribution in [0.25, 0.3) is 0 Å². The predicted octanol–water partition coefficient (Wildman–Crippen LogP) is 1.02. The van der Waals surface area contributed by atoms with Gasteiger partial charge in [-0.25, -0.2) is 13.1 Å². The van der Waals surface area contributed by atoms with Gasteiger partial charge in [-0.05, 0) is 55.9 Å². The molecule has 0 bridgehead atoms. The first-order valence-corrected chi connectivity index (χ1v) is 9.10. The molecule has 0 aromatic heterocycles. The second kappa shape index (κ2) is 7.17. The topological polar surface area (TPSA) is 101 Å². The Kier molecular flexibility index (Phi) is 5.67. The van der Waals surface area contributed by atoms with E-state index < -0.39 is 10.0 Å². The standard InChI is InChI=1S/C15H21N3O3S.ClH/c16-14(10-1-2-10)9-17-15(19)11-3-7-13(8-4-11)22(20,21)18-12-5-6-12;/h3-4,7-8,10,12,14,18H,1-2,5-6,9,16H2,(H,17,19);1H. The lowest BCUT2D eigenvalue weighted by atomic mass is 10.2. The van der Waals surface area contributed by atoms with Gasteiger partial charge in [-0.3, -0.25) is 4.79 Å². The van der Waals surface area contributed by atoms with Gasteiger partial charge in [0.05, 0.1) is 4.90 Å². The SMILES string of the molecule is Cl.NC(CNC(=O)c1ccc(S(=O)(=O)NC2CC2)cc1)C1CC1. The summed E-state index contributed by atoms with van der Waals surface area (Å²) in [6.45, 7) is 0.451. The van der Waals surface area contributed by atoms with Crippen molar-refractivity contribution in [3.8, 4) is 0 Å². The number of carbonyl (C=O) groups is 1. The summed E-state index contributed by atoms with van der Waals surface area (Å²) < 4.78 is 26.7. The van der Waals surface area contributed by atoms with Crippen LogP contribution in [-0.2, 0) is 10.0 Å². The molecular formula is C15H22ClN3O3S. The van der Waals surface area contributed by atoms with Crippen LogP contribution >= 0.6 is 12.4 Å². The average Bonchev–Trinajstić information content (AvgIpc) is 3.36. The quantitative estimate of drug-likeness (QED) is 0.676. The number of amides is 1. The van der Waals surface area contributed by atoms with Crippen molar-refractivity contribution in [2.24, 2.45) is 11.7 Å². The third kappa shape index (κ3) is 4.91. The van der Waals surface area contributed by atoms with Gasteiger partial charge in [-0.2, -0.15) is 0 Å². The molecule has 0 spiro atoms. The Hall–Kier alpha value is -1.15. The summed E-state index contributed by atoms with van der Waals surface area (Å²) in [5.41, 5.74) is 6.37. The van der Waals surface area contributed by atoms with Crippen LogP contribution in [0.3, 0.4) is 0 Å². The number of hydrogen-bond donors (Lipinski definition) is 3. The number of carbonyl (C=O) groups excluding carboxylic acids is 1. The summed E-state index contributed by atoms with van der Waals surface area (Å²) >= 11 is 0. The minimum absolute atomic E-state index is 0. The van der Waals surface area contributed by atoms with E-state index in [2.05, 4.69) is 10.0 Å². The Morgan fingerprint density at radius 3 is 2.30 bits per heavy atom. The van der Waals surface area contributed by atoms with Gasteiger partial charge in [0.1, 0.15) is 0 Å². The van der Waals surface area contributed by atoms with E-state index in [0.29, 0.717) is 18.0 Å². The van der Waals surface area contributed by atoms with Crippen LogP contribution < -0.4 is 15.8 Å². The van der Waals surface area contributed by atoms with Crippen molar-refractivity contribution in [3.05, 3.63) is 29.8 Å². The van der Waals surface area contributed by atoms with E-state index in [9.17, 15) is 13.2 Å². The maximum atomic E-state index is 12.0. The highest BCUT2D eigenvalue weighted by atomic mass is 35.5. The summed E-state index contributed by atoms with van der Waals surface area (Å²) in [4.78, 5) is 12.2. The van der Waals surface area contributed by atoms with Gasteiger partial charge in [0.25, 0.3) is 5.91 Å². The molecule has 1 aromatic rings. The largest absolute Gasteiger partial charge is 0.350 e. The van der Waals surface area contributed by atoms with Crippen molar-refractivity contribution < 1.29 is 13.2 Å². The minimum atomic E-state index is -3.47. The van der Waals surface area contributed by atoms with Gasteiger partial charge in [0.15, 0.2) is 0 Å². The Balaban J connectivity index is 0.00000192. The lowest BCUT2D eigenvalue weighted by Crippen LogP contribution is -2.38. The predicted molar refractivity (Wildman–Crippen MR) is 90.1 cm³/mol. The fraction of sp³-hybridized carbons (Fsp3) is 0.533. The summed E-state index contributed by atoms with van der Waals surface area (Å²) in [6.07, 6.45) is 4.05. The highest BCUT2D eigenvalue weighted by Crippen LogP contribution is 2.31. The zero-order valence-corrected chi connectivity index (χ0v) is 14.3. The molecule has 0 radical (unpaired) electrons. The molecule has 23 heavy (non-hydrogen) atoms. The Morgan fingerprint density at radius 1 is 1.17 bits per heavy atom. The molecule has 0 saturated heterocycles. The molecule has 2 aliphatic carbocycles. The second-order valence-electron chi connectivity index (χ2n) is 6.13. The molecule has 3 rings (SSSR count). The van der Waals surface area contributed by atoms with Crippen molar-refractivity contribution in [1.29, 1.82) is 0 Å². The highest BCUT2D eigenvalue weighted by Gasteiger charge is 2.29. The molecule has 6 nitrogen and oxygen atoms in total. The fourth-order valence-electron chi connectivity index (χ4n) is 2.28. The van der Waals surface area contributed by atoms with Crippen LogP contribution in [0.5, 0.6) is 0 Å². The maximum Gasteiger partial charge on any atom is 0.251 e. The maximum absolute atomic E-state index is 12.0. The molecular weight excluding hydrogens is 338 g/mol. The average molecular weight is 360 g/mol. The smallest absolute Gasteiger partial charge is 0.251 e. The monoisotopic (exact) mass is 359 g/mol. The second-order valence-corrected chi connectivity index (χ2v) is 7.85. The van der Waals surface area contributed by atoms with Gasteiger partial charge in [-0.1, -0.05) is 0 Å². The van der Waals surface area contributed by atoms with Crippen LogP contribution in [0.1, 0.15) is 36.0 Å². The number of halogens is 1. The number of sulfonamides is 1. The lowest BCUT2D eigenvalue weighted by molar-refractivity contribution is 0.0950. The van der Waals surface area contributed by atoms with E-state index >= 15 is 0 Å². The van der Waals surface area contributed by atoms with E-state index in [1.165, 1.54) is 24.3 Å². The minimum Gasteiger partial charge on any atom is -0.350 e. The van der Waals surface area contributed by atoms with E-state index in [-0.39, 0.29) is 35.3 Å². The normalized spacial score (nSPS) is 18.8. The summed E-state index contributed by atoms with van der Waals surface area (Å²) in [7, 11) is -3.47. The van der Waals surface area contributed by atoms with E-state index in [1.807, 2.05) is 0 Å². The molecule has 8 heteroatoms. The van der Waals surface area contributed by atoms with Crippen molar-refractivity contribution in [3.63, 3.8) is 0 Å². The van der Waals surface area contributed by atoms with Crippen molar-refractivity contribution >= 4 is 28.3 Å². The molecule has 2 aliphatic rings. The van der Waals surface area contributed by atoms with Gasteiger partial charge in [0, 0.05) is 24.2 Å². The first kappa shape index (κ1) is 18.2. The van der Waals surface area contributed by atoms with Crippen LogP contribution in [-0.4, -0.2) is 33.0 Å². The molecule has 0 heterocycles. The van der Waals surface area contributed by atoms with Crippen LogP contribution in [0.15, 0.2) is 29.2 Å². The molecule has 2 saturated carbocycles. The third-order valence-electron chi connectivity index (χ3n) is 4.05. The summed E-state index contributed by atoms with van der Waals surface area (Å²) in [6, 6.07) is 6.04. The van der Waals surface area contributed by atoms with Crippen LogP contribution in [0.4, 0.5) is 0 Å². The number of nitrogens with one attached hydrogen (secondary N) is 2. The molecule has 2 fully saturated rings. The molecule has 1 amide bonds. The molecule has 128 valence electrons. The van der Waals surface area contributed by atoms with Gasteiger partial charge in [0.2, 0.25) is 10.0 Å². The lowest BCUT2D eigenvalue weighted by Gasteiger charge is -2.12. The Bertz CT molecular complexity index is 655. The van der Waals surface area contributed by atoms with Crippen molar-refractivity contribution in [2.75, 3.05) is 6.54 Å². The summed E-state index contributed by atoms with van der Waals surface area (Å²) in [5.74, 6) is 0.302. The highest BCUT2D eigenvalue weighted by molar-refractivity contribution is 7.89. The zero-order chi connectivity index (χ0) is 15.7. The molecule has 4 N–H and O–H groups in total. The van der Waals surface area contributed by atoms with Gasteiger partial charge >= 0.3 is 0 Å². The molecule has 1 atom stereocenters. The van der Waals surface area contributed by atoms with E-state index in [4.69, 9.17) is 5.73 Å². The number of nitrogens with two attached hydrogens (primary N) is 1.